The molecule has 1 unspecified atom stereocenters. The molecule has 27 heavy (non-hydrogen) atoms. The monoisotopic (exact) mass is 368 g/mol. The molecule has 0 fully saturated rings. The molecule has 1 heterocycles. The van der Waals surface area contributed by atoms with Crippen molar-refractivity contribution < 1.29 is 24.2 Å². The van der Waals surface area contributed by atoms with Gasteiger partial charge < -0.3 is 25.2 Å². The quantitative estimate of drug-likeness (QED) is 0.705. The van der Waals surface area contributed by atoms with Crippen LogP contribution in [-0.4, -0.2) is 24.2 Å². The number of methoxy groups -OCH3 is 1. The van der Waals surface area contributed by atoms with E-state index in [0.717, 1.165) is 5.56 Å². The summed E-state index contributed by atoms with van der Waals surface area (Å²) in [5.74, 6) is 0.115. The summed E-state index contributed by atoms with van der Waals surface area (Å²) in [5, 5.41) is 15.4. The number of esters is 1. The predicted octanol–water partition coefficient (Wildman–Crippen LogP) is 2.77. The van der Waals surface area contributed by atoms with Crippen LogP contribution in [0.2, 0.25) is 0 Å². The summed E-state index contributed by atoms with van der Waals surface area (Å²) in [6.45, 7) is 1.69. The smallest absolute Gasteiger partial charge is 0.338 e. The number of carbonyl (C=O) groups is 2. The van der Waals surface area contributed by atoms with E-state index in [1.165, 1.54) is 6.07 Å². The SMILES string of the molecule is COc1ccc(COC(=O)C2=C(C)NC(=O)NC2c2ccccc2O)cc1. The number of para-hydroxylation sites is 1. The normalized spacial score (nSPS) is 16.4. The molecule has 0 radical (unpaired) electrons. The Hall–Kier alpha value is -3.48. The van der Waals surface area contributed by atoms with E-state index in [9.17, 15) is 14.7 Å². The zero-order valence-corrected chi connectivity index (χ0v) is 15.0. The number of urea groups is 1. The zero-order chi connectivity index (χ0) is 19.4. The van der Waals surface area contributed by atoms with Crippen molar-refractivity contribution in [2.45, 2.75) is 19.6 Å². The molecule has 0 saturated heterocycles. The van der Waals surface area contributed by atoms with Gasteiger partial charge in [-0.25, -0.2) is 9.59 Å². The Kier molecular flexibility index (Phi) is 5.30. The fourth-order valence-corrected chi connectivity index (χ4v) is 2.88. The second kappa shape index (κ2) is 7.82. The summed E-state index contributed by atoms with van der Waals surface area (Å²) in [5.41, 5.74) is 1.84. The van der Waals surface area contributed by atoms with Gasteiger partial charge in [-0.15, -0.1) is 0 Å². The van der Waals surface area contributed by atoms with Crippen LogP contribution in [0.25, 0.3) is 0 Å². The first kappa shape index (κ1) is 18.3. The maximum atomic E-state index is 12.7. The van der Waals surface area contributed by atoms with E-state index >= 15 is 0 Å². The highest BCUT2D eigenvalue weighted by molar-refractivity contribution is 5.95. The number of hydrogen-bond acceptors (Lipinski definition) is 5. The van der Waals surface area contributed by atoms with Crippen LogP contribution in [0.5, 0.6) is 11.5 Å². The van der Waals surface area contributed by atoms with Crippen LogP contribution in [-0.2, 0) is 16.1 Å². The Bertz CT molecular complexity index is 890. The Morgan fingerprint density at radius 3 is 2.52 bits per heavy atom. The van der Waals surface area contributed by atoms with E-state index in [2.05, 4.69) is 10.6 Å². The molecule has 7 nitrogen and oxygen atoms in total. The molecule has 2 aromatic carbocycles. The van der Waals surface area contributed by atoms with E-state index in [4.69, 9.17) is 9.47 Å². The number of carbonyl (C=O) groups excluding carboxylic acids is 2. The number of allylic oxidation sites excluding steroid dienone is 1. The largest absolute Gasteiger partial charge is 0.508 e. The molecular formula is C20H20N2O5. The number of ether oxygens (including phenoxy) is 2. The van der Waals surface area contributed by atoms with Crippen LogP contribution in [0, 0.1) is 0 Å². The first-order valence-electron chi connectivity index (χ1n) is 8.36. The molecule has 0 spiro atoms. The van der Waals surface area contributed by atoms with Crippen LogP contribution in [0.4, 0.5) is 4.79 Å². The molecule has 0 bridgehead atoms. The lowest BCUT2D eigenvalue weighted by Gasteiger charge is -2.28. The maximum Gasteiger partial charge on any atom is 0.338 e. The molecular weight excluding hydrogens is 348 g/mol. The molecule has 1 aliphatic rings. The molecule has 0 aliphatic carbocycles. The van der Waals surface area contributed by atoms with Crippen molar-refractivity contribution in [1.29, 1.82) is 0 Å². The highest BCUT2D eigenvalue weighted by atomic mass is 16.5. The van der Waals surface area contributed by atoms with Gasteiger partial charge in [0.05, 0.1) is 18.7 Å². The second-order valence-electron chi connectivity index (χ2n) is 6.05. The van der Waals surface area contributed by atoms with Gasteiger partial charge in [0.2, 0.25) is 0 Å². The van der Waals surface area contributed by atoms with Crippen molar-refractivity contribution in [3.63, 3.8) is 0 Å². The van der Waals surface area contributed by atoms with Crippen LogP contribution < -0.4 is 15.4 Å². The molecule has 2 aromatic rings. The van der Waals surface area contributed by atoms with Crippen LogP contribution in [0.15, 0.2) is 59.8 Å². The number of amides is 2. The lowest BCUT2D eigenvalue weighted by atomic mass is 9.95. The Balaban J connectivity index is 1.82. The van der Waals surface area contributed by atoms with E-state index < -0.39 is 18.0 Å². The highest BCUT2D eigenvalue weighted by Crippen LogP contribution is 2.32. The fraction of sp³-hybridized carbons (Fsp3) is 0.200. The van der Waals surface area contributed by atoms with Crippen molar-refractivity contribution in [2.75, 3.05) is 7.11 Å². The third kappa shape index (κ3) is 4.03. The lowest BCUT2D eigenvalue weighted by molar-refractivity contribution is -0.140. The van der Waals surface area contributed by atoms with Crippen molar-refractivity contribution in [2.24, 2.45) is 0 Å². The first-order valence-corrected chi connectivity index (χ1v) is 8.36. The molecule has 140 valence electrons. The maximum absolute atomic E-state index is 12.7. The van der Waals surface area contributed by atoms with Gasteiger partial charge in [0, 0.05) is 11.3 Å². The number of phenolic OH excluding ortho intramolecular Hbond substituents is 1. The predicted molar refractivity (Wildman–Crippen MR) is 98.0 cm³/mol. The van der Waals surface area contributed by atoms with E-state index in [1.54, 1.807) is 56.5 Å². The third-order valence-corrected chi connectivity index (χ3v) is 4.27. The molecule has 3 rings (SSSR count). The Labute approximate surface area is 156 Å². The number of nitrogens with one attached hydrogen (secondary N) is 2. The minimum absolute atomic E-state index is 0.0158. The Morgan fingerprint density at radius 2 is 1.85 bits per heavy atom. The average molecular weight is 368 g/mol. The number of phenols is 1. The first-order chi connectivity index (χ1) is 13.0. The van der Waals surface area contributed by atoms with Gasteiger partial charge >= 0.3 is 12.0 Å². The van der Waals surface area contributed by atoms with Crippen LogP contribution in [0.1, 0.15) is 24.1 Å². The average Bonchev–Trinajstić information content (AvgIpc) is 2.66. The van der Waals surface area contributed by atoms with Gasteiger partial charge in [-0.2, -0.15) is 0 Å². The van der Waals surface area contributed by atoms with Crippen molar-refractivity contribution >= 4 is 12.0 Å². The van der Waals surface area contributed by atoms with Crippen molar-refractivity contribution in [1.82, 2.24) is 10.6 Å². The van der Waals surface area contributed by atoms with Gasteiger partial charge in [0.25, 0.3) is 0 Å². The van der Waals surface area contributed by atoms with Gasteiger partial charge in [-0.05, 0) is 30.7 Å². The summed E-state index contributed by atoms with van der Waals surface area (Å²) in [6.07, 6.45) is 0. The van der Waals surface area contributed by atoms with Gasteiger partial charge in [-0.1, -0.05) is 30.3 Å². The van der Waals surface area contributed by atoms with Crippen LogP contribution in [0.3, 0.4) is 0 Å². The van der Waals surface area contributed by atoms with Crippen molar-refractivity contribution in [3.05, 3.63) is 70.9 Å². The van der Waals surface area contributed by atoms with Crippen molar-refractivity contribution in [3.8, 4) is 11.5 Å². The summed E-state index contributed by atoms with van der Waals surface area (Å²) < 4.78 is 10.5. The Morgan fingerprint density at radius 1 is 1.15 bits per heavy atom. The lowest BCUT2D eigenvalue weighted by Crippen LogP contribution is -2.45. The second-order valence-corrected chi connectivity index (χ2v) is 6.05. The topological polar surface area (TPSA) is 96.9 Å². The molecule has 2 amide bonds. The standard InChI is InChI=1S/C20H20N2O5/c1-12-17(19(24)27-11-13-7-9-14(26-2)10-8-13)18(22-20(25)21-12)15-5-3-4-6-16(15)23/h3-10,18,23H,11H2,1-2H3,(H2,21,22,25). The molecule has 0 aromatic heterocycles. The van der Waals surface area contributed by atoms with Gasteiger partial charge in [-0.3, -0.25) is 0 Å². The molecule has 1 atom stereocenters. The van der Waals surface area contributed by atoms with E-state index in [1.807, 2.05) is 0 Å². The zero-order valence-electron chi connectivity index (χ0n) is 15.0. The number of hydrogen-bond donors (Lipinski definition) is 3. The summed E-state index contributed by atoms with van der Waals surface area (Å²) in [7, 11) is 1.58. The molecule has 7 heteroatoms. The molecule has 1 aliphatic heterocycles. The fourth-order valence-electron chi connectivity index (χ4n) is 2.88. The minimum Gasteiger partial charge on any atom is -0.508 e. The highest BCUT2D eigenvalue weighted by Gasteiger charge is 2.33. The number of aromatic hydroxyl groups is 1. The number of rotatable bonds is 5. The third-order valence-electron chi connectivity index (χ3n) is 4.27. The van der Waals surface area contributed by atoms with Gasteiger partial charge in [0.15, 0.2) is 0 Å². The van der Waals surface area contributed by atoms with Crippen LogP contribution >= 0.6 is 0 Å². The van der Waals surface area contributed by atoms with E-state index in [0.29, 0.717) is 17.0 Å². The van der Waals surface area contributed by atoms with E-state index in [-0.39, 0.29) is 17.9 Å². The minimum atomic E-state index is -0.802. The number of benzene rings is 2. The van der Waals surface area contributed by atoms with Gasteiger partial charge in [0.1, 0.15) is 18.1 Å². The molecule has 0 saturated carbocycles. The summed E-state index contributed by atoms with van der Waals surface area (Å²) in [6, 6.07) is 12.4. The summed E-state index contributed by atoms with van der Waals surface area (Å²) in [4.78, 5) is 24.6. The summed E-state index contributed by atoms with van der Waals surface area (Å²) >= 11 is 0. The molecule has 3 N–H and O–H groups in total.